The van der Waals surface area contributed by atoms with E-state index in [1.54, 1.807) is 7.05 Å². The summed E-state index contributed by atoms with van der Waals surface area (Å²) in [5.41, 5.74) is 1.03. The number of guanidine groups is 1. The Bertz CT molecular complexity index is 514. The van der Waals surface area contributed by atoms with Crippen LogP contribution < -0.4 is 10.6 Å². The van der Waals surface area contributed by atoms with Gasteiger partial charge in [-0.05, 0) is 25.7 Å². The van der Waals surface area contributed by atoms with Crippen LogP contribution in [0.5, 0.6) is 0 Å². The summed E-state index contributed by atoms with van der Waals surface area (Å²) < 4.78 is 16.6. The first kappa shape index (κ1) is 23.2. The van der Waals surface area contributed by atoms with Gasteiger partial charge in [0.1, 0.15) is 0 Å². The molecule has 0 amide bonds. The third kappa shape index (κ3) is 7.79. The van der Waals surface area contributed by atoms with E-state index in [9.17, 15) is 0 Å². The van der Waals surface area contributed by atoms with Gasteiger partial charge in [-0.25, -0.2) is 0 Å². The molecule has 1 atom stereocenters. The van der Waals surface area contributed by atoms with Gasteiger partial charge in [-0.3, -0.25) is 4.99 Å². The molecule has 2 rings (SSSR count). The zero-order valence-corrected chi connectivity index (χ0v) is 18.5. The second-order valence-electron chi connectivity index (χ2n) is 6.29. The monoisotopic (exact) mass is 480 g/mol. The fourth-order valence-corrected chi connectivity index (χ4v) is 2.94. The van der Waals surface area contributed by atoms with Crippen molar-refractivity contribution in [2.75, 3.05) is 33.4 Å². The minimum Gasteiger partial charge on any atom is -0.377 e. The molecule has 1 saturated heterocycles. The van der Waals surface area contributed by atoms with Crippen molar-refractivity contribution in [3.8, 4) is 0 Å². The van der Waals surface area contributed by atoms with Gasteiger partial charge in [-0.2, -0.15) is 0 Å². The molecule has 2 N–H and O–H groups in total. The molecule has 0 aliphatic carbocycles. The Hall–Kier alpha value is -0.870. The smallest absolute Gasteiger partial charge is 0.191 e. The van der Waals surface area contributed by atoms with Crippen molar-refractivity contribution in [1.29, 1.82) is 0 Å². The van der Waals surface area contributed by atoms with Crippen molar-refractivity contribution in [1.82, 2.24) is 15.8 Å². The Morgan fingerprint density at radius 1 is 1.38 bits per heavy atom. The van der Waals surface area contributed by atoms with Crippen LogP contribution in [-0.4, -0.2) is 50.6 Å². The van der Waals surface area contributed by atoms with Crippen LogP contribution in [0.1, 0.15) is 56.9 Å². The van der Waals surface area contributed by atoms with Crippen molar-refractivity contribution >= 4 is 29.9 Å². The molecular weight excluding hydrogens is 447 g/mol. The van der Waals surface area contributed by atoms with Gasteiger partial charge in [0.2, 0.25) is 0 Å². The predicted molar refractivity (Wildman–Crippen MR) is 113 cm³/mol. The maximum absolute atomic E-state index is 5.63. The molecule has 0 spiro atoms. The van der Waals surface area contributed by atoms with E-state index in [-0.39, 0.29) is 30.1 Å². The highest BCUT2D eigenvalue weighted by Gasteiger charge is 2.15. The van der Waals surface area contributed by atoms with Crippen molar-refractivity contribution in [2.45, 2.75) is 58.1 Å². The molecule has 1 unspecified atom stereocenters. The van der Waals surface area contributed by atoms with Gasteiger partial charge in [-0.15, -0.1) is 24.0 Å². The van der Waals surface area contributed by atoms with Crippen LogP contribution in [0.15, 0.2) is 15.6 Å². The van der Waals surface area contributed by atoms with E-state index in [4.69, 9.17) is 14.0 Å². The normalized spacial score (nSPS) is 17.4. The van der Waals surface area contributed by atoms with E-state index >= 15 is 0 Å². The molecule has 1 aromatic heterocycles. The average Bonchev–Trinajstić information content (AvgIpc) is 3.30. The summed E-state index contributed by atoms with van der Waals surface area (Å²) in [5, 5.41) is 10.6. The molecular formula is C18H33IN4O3. The number of hydrogen-bond donors (Lipinski definition) is 2. The summed E-state index contributed by atoms with van der Waals surface area (Å²) in [6, 6.07) is 2.03. The Balaban J connectivity index is 0.00000338. The van der Waals surface area contributed by atoms with E-state index in [2.05, 4.69) is 34.6 Å². The lowest BCUT2D eigenvalue weighted by Gasteiger charge is -2.12. The largest absolute Gasteiger partial charge is 0.377 e. The van der Waals surface area contributed by atoms with Gasteiger partial charge in [-0.1, -0.05) is 19.0 Å². The highest BCUT2D eigenvalue weighted by molar-refractivity contribution is 14.0. The quantitative estimate of drug-likeness (QED) is 0.232. The summed E-state index contributed by atoms with van der Waals surface area (Å²) in [7, 11) is 1.75. The minimum absolute atomic E-state index is 0. The summed E-state index contributed by atoms with van der Waals surface area (Å²) in [6.45, 7) is 7.77. The molecule has 150 valence electrons. The van der Waals surface area contributed by atoms with Gasteiger partial charge < -0.3 is 24.6 Å². The van der Waals surface area contributed by atoms with Crippen LogP contribution in [0.25, 0.3) is 0 Å². The molecule has 0 saturated carbocycles. The third-order valence-electron chi connectivity index (χ3n) is 4.50. The minimum atomic E-state index is 0. The number of hydrogen-bond acceptors (Lipinski definition) is 5. The third-order valence-corrected chi connectivity index (χ3v) is 4.50. The Kier molecular flexibility index (Phi) is 11.9. The first-order chi connectivity index (χ1) is 12.3. The van der Waals surface area contributed by atoms with E-state index in [1.807, 2.05) is 6.07 Å². The van der Waals surface area contributed by atoms with Crippen LogP contribution in [0.2, 0.25) is 0 Å². The van der Waals surface area contributed by atoms with Crippen LogP contribution in [0, 0.1) is 0 Å². The van der Waals surface area contributed by atoms with Crippen LogP contribution in [0.3, 0.4) is 0 Å². The maximum Gasteiger partial charge on any atom is 0.191 e. The zero-order chi connectivity index (χ0) is 17.9. The lowest BCUT2D eigenvalue weighted by molar-refractivity contribution is 0.0191. The van der Waals surface area contributed by atoms with E-state index in [1.165, 1.54) is 0 Å². The van der Waals surface area contributed by atoms with Gasteiger partial charge in [0.15, 0.2) is 11.7 Å². The number of nitrogens with zero attached hydrogens (tertiary/aromatic N) is 2. The van der Waals surface area contributed by atoms with Gasteiger partial charge >= 0.3 is 0 Å². The Morgan fingerprint density at radius 2 is 2.19 bits per heavy atom. The number of halogens is 1. The van der Waals surface area contributed by atoms with Crippen LogP contribution in [-0.2, 0) is 16.0 Å². The fourth-order valence-electron chi connectivity index (χ4n) is 2.94. The summed E-state index contributed by atoms with van der Waals surface area (Å²) >= 11 is 0. The molecule has 1 aliphatic heterocycles. The molecule has 1 aromatic rings. The Morgan fingerprint density at radius 3 is 2.85 bits per heavy atom. The average molecular weight is 480 g/mol. The predicted octanol–water partition coefficient (Wildman–Crippen LogP) is 3.06. The molecule has 1 fully saturated rings. The second kappa shape index (κ2) is 13.3. The van der Waals surface area contributed by atoms with Crippen molar-refractivity contribution in [3.05, 3.63) is 17.5 Å². The molecule has 8 heteroatoms. The van der Waals surface area contributed by atoms with Gasteiger partial charge in [0, 0.05) is 32.2 Å². The topological polar surface area (TPSA) is 80.9 Å². The Labute approximate surface area is 173 Å². The maximum atomic E-state index is 5.63. The SMILES string of the molecule is CCC(CC)c1cc(CNC(=NC)NCCOCC2CCCO2)on1.I. The number of ether oxygens (including phenoxy) is 2. The van der Waals surface area contributed by atoms with Gasteiger partial charge in [0.05, 0.1) is 31.6 Å². The van der Waals surface area contributed by atoms with E-state index in [0.717, 1.165) is 49.7 Å². The highest BCUT2D eigenvalue weighted by Crippen LogP contribution is 2.22. The molecule has 7 nitrogen and oxygen atoms in total. The van der Waals surface area contributed by atoms with E-state index in [0.29, 0.717) is 32.2 Å². The number of nitrogens with one attached hydrogen (secondary N) is 2. The lowest BCUT2D eigenvalue weighted by atomic mass is 9.99. The molecule has 0 aromatic carbocycles. The summed E-state index contributed by atoms with van der Waals surface area (Å²) in [5.74, 6) is 2.01. The zero-order valence-electron chi connectivity index (χ0n) is 16.1. The van der Waals surface area contributed by atoms with E-state index < -0.39 is 0 Å². The van der Waals surface area contributed by atoms with Crippen LogP contribution in [0.4, 0.5) is 0 Å². The number of aromatic nitrogens is 1. The van der Waals surface area contributed by atoms with Crippen LogP contribution >= 0.6 is 24.0 Å². The number of rotatable bonds is 10. The first-order valence-electron chi connectivity index (χ1n) is 9.36. The standard InChI is InChI=1S/C18H32N4O3.HI/c1-4-14(5-2)17-11-16(25-22-17)12-21-18(19-3)20-8-10-23-13-15-7-6-9-24-15;/h11,14-15H,4-10,12-13H2,1-3H3,(H2,19,20,21);1H. The summed E-state index contributed by atoms with van der Waals surface area (Å²) in [6.07, 6.45) is 4.67. The molecule has 26 heavy (non-hydrogen) atoms. The molecule has 2 heterocycles. The number of aliphatic imine (C=N–C) groups is 1. The summed E-state index contributed by atoms with van der Waals surface area (Å²) in [4.78, 5) is 4.20. The van der Waals surface area contributed by atoms with Crippen molar-refractivity contribution in [3.63, 3.8) is 0 Å². The fraction of sp³-hybridized carbons (Fsp3) is 0.778. The van der Waals surface area contributed by atoms with Crippen molar-refractivity contribution < 1.29 is 14.0 Å². The molecule has 0 radical (unpaired) electrons. The van der Waals surface area contributed by atoms with Gasteiger partial charge in [0.25, 0.3) is 0 Å². The highest BCUT2D eigenvalue weighted by atomic mass is 127. The van der Waals surface area contributed by atoms with Crippen molar-refractivity contribution in [2.24, 2.45) is 4.99 Å². The second-order valence-corrected chi connectivity index (χ2v) is 6.29. The molecule has 1 aliphatic rings. The first-order valence-corrected chi connectivity index (χ1v) is 9.36. The lowest BCUT2D eigenvalue weighted by Crippen LogP contribution is -2.38. The molecule has 0 bridgehead atoms.